The molecule has 1 aromatic carbocycles. The van der Waals surface area contributed by atoms with Gasteiger partial charge in [-0.2, -0.15) is 5.26 Å². The van der Waals surface area contributed by atoms with Crippen molar-refractivity contribution in [1.82, 2.24) is 4.98 Å². The van der Waals surface area contributed by atoms with E-state index in [0.717, 1.165) is 24.1 Å². The molecule has 5 heteroatoms. The topological polar surface area (TPSA) is 65.8 Å². The van der Waals surface area contributed by atoms with Crippen LogP contribution in [0.4, 0.5) is 5.13 Å². The summed E-state index contributed by atoms with van der Waals surface area (Å²) < 4.78 is 0. The highest BCUT2D eigenvalue weighted by atomic mass is 32.1. The molecule has 4 nitrogen and oxygen atoms in total. The Balaban J connectivity index is 1.76. The second-order valence-electron chi connectivity index (χ2n) is 5.76. The summed E-state index contributed by atoms with van der Waals surface area (Å²) in [6.07, 6.45) is 3.16. The van der Waals surface area contributed by atoms with Crippen molar-refractivity contribution >= 4 is 22.4 Å². The fraction of sp³-hybridized carbons (Fsp3) is 0.353. The quantitative estimate of drug-likeness (QED) is 0.926. The maximum atomic E-state index is 12.4. The summed E-state index contributed by atoms with van der Waals surface area (Å²) in [6.45, 7) is 2.04. The Bertz CT molecular complexity index is 721. The average Bonchev–Trinajstić information content (AvgIpc) is 3.17. The van der Waals surface area contributed by atoms with Gasteiger partial charge in [0.05, 0.1) is 11.8 Å². The standard InChI is InChI=1S/C17H17N3OS/c1-12-4-6-13(7-5-12)14-10-22-16(19-14)20-15(21)17(11-18)8-2-3-9-17/h4-7,10H,2-3,8-9H2,1H3,(H,19,20,21). The molecule has 0 spiro atoms. The van der Waals surface area contributed by atoms with Crippen LogP contribution in [0.2, 0.25) is 0 Å². The van der Waals surface area contributed by atoms with Crippen LogP contribution in [0.25, 0.3) is 11.3 Å². The molecule has 0 aliphatic heterocycles. The second-order valence-corrected chi connectivity index (χ2v) is 6.62. The number of rotatable bonds is 3. The van der Waals surface area contributed by atoms with Gasteiger partial charge < -0.3 is 5.32 Å². The molecule has 3 rings (SSSR count). The third-order valence-electron chi connectivity index (χ3n) is 4.18. The molecule has 1 N–H and O–H groups in total. The molecular weight excluding hydrogens is 294 g/mol. The van der Waals surface area contributed by atoms with Crippen molar-refractivity contribution in [3.05, 3.63) is 35.2 Å². The molecule has 1 aliphatic carbocycles. The van der Waals surface area contributed by atoms with E-state index in [2.05, 4.69) is 16.4 Å². The molecule has 1 aliphatic rings. The maximum Gasteiger partial charge on any atom is 0.246 e. The lowest BCUT2D eigenvalue weighted by Gasteiger charge is -2.17. The van der Waals surface area contributed by atoms with Crippen LogP contribution in [0.3, 0.4) is 0 Å². The highest BCUT2D eigenvalue weighted by molar-refractivity contribution is 7.14. The van der Waals surface area contributed by atoms with Gasteiger partial charge in [-0.25, -0.2) is 4.98 Å². The van der Waals surface area contributed by atoms with Crippen molar-refractivity contribution in [2.24, 2.45) is 5.41 Å². The molecule has 22 heavy (non-hydrogen) atoms. The van der Waals surface area contributed by atoms with Gasteiger partial charge in [0.25, 0.3) is 0 Å². The zero-order valence-corrected chi connectivity index (χ0v) is 13.2. The number of nitrogens with zero attached hydrogens (tertiary/aromatic N) is 2. The van der Waals surface area contributed by atoms with Crippen LogP contribution in [0.5, 0.6) is 0 Å². The third kappa shape index (κ3) is 2.75. The van der Waals surface area contributed by atoms with Crippen LogP contribution >= 0.6 is 11.3 Å². The molecule has 1 amide bonds. The molecule has 1 saturated carbocycles. The first-order valence-corrected chi connectivity index (χ1v) is 8.26. The molecule has 2 aromatic rings. The Labute approximate surface area is 133 Å². The number of carbonyl (C=O) groups is 1. The van der Waals surface area contributed by atoms with Gasteiger partial charge in [0, 0.05) is 10.9 Å². The number of nitriles is 1. The van der Waals surface area contributed by atoms with Crippen LogP contribution in [-0.4, -0.2) is 10.9 Å². The van der Waals surface area contributed by atoms with Crippen molar-refractivity contribution < 1.29 is 4.79 Å². The van der Waals surface area contributed by atoms with Gasteiger partial charge in [-0.05, 0) is 19.8 Å². The number of anilines is 1. The van der Waals surface area contributed by atoms with Gasteiger partial charge in [-0.1, -0.05) is 42.7 Å². The van der Waals surface area contributed by atoms with Gasteiger partial charge in [0.1, 0.15) is 5.41 Å². The molecule has 1 fully saturated rings. The zero-order valence-electron chi connectivity index (χ0n) is 12.4. The SMILES string of the molecule is Cc1ccc(-c2csc(NC(=O)C3(C#N)CCCC3)n2)cc1. The molecule has 0 saturated heterocycles. The average molecular weight is 311 g/mol. The van der Waals surface area contributed by atoms with E-state index in [0.29, 0.717) is 18.0 Å². The van der Waals surface area contributed by atoms with Gasteiger partial charge in [0.15, 0.2) is 5.13 Å². The fourth-order valence-electron chi connectivity index (χ4n) is 2.77. The number of hydrogen-bond acceptors (Lipinski definition) is 4. The van der Waals surface area contributed by atoms with Gasteiger partial charge in [0.2, 0.25) is 5.91 Å². The lowest BCUT2D eigenvalue weighted by Crippen LogP contribution is -2.32. The summed E-state index contributed by atoms with van der Waals surface area (Å²) in [5, 5.41) is 14.7. The predicted octanol–water partition coefficient (Wildman–Crippen LogP) is 4.14. The molecule has 0 atom stereocenters. The number of benzene rings is 1. The largest absolute Gasteiger partial charge is 0.301 e. The minimum atomic E-state index is -0.865. The number of nitrogens with one attached hydrogen (secondary N) is 1. The Hall–Kier alpha value is -2.19. The number of aromatic nitrogens is 1. The Morgan fingerprint density at radius 1 is 1.32 bits per heavy atom. The number of aryl methyl sites for hydroxylation is 1. The van der Waals surface area contributed by atoms with Crippen LogP contribution in [0.1, 0.15) is 31.2 Å². The fourth-order valence-corrected chi connectivity index (χ4v) is 3.49. The van der Waals surface area contributed by atoms with E-state index in [9.17, 15) is 10.1 Å². The maximum absolute atomic E-state index is 12.4. The van der Waals surface area contributed by atoms with Crippen molar-refractivity contribution in [3.8, 4) is 17.3 Å². The monoisotopic (exact) mass is 311 g/mol. The summed E-state index contributed by atoms with van der Waals surface area (Å²) >= 11 is 1.39. The predicted molar refractivity (Wildman–Crippen MR) is 87.4 cm³/mol. The van der Waals surface area contributed by atoms with Crippen LogP contribution < -0.4 is 5.32 Å². The van der Waals surface area contributed by atoms with Crippen molar-refractivity contribution in [1.29, 1.82) is 5.26 Å². The van der Waals surface area contributed by atoms with Gasteiger partial charge in [-0.3, -0.25) is 4.79 Å². The lowest BCUT2D eigenvalue weighted by atomic mass is 9.87. The van der Waals surface area contributed by atoms with Crippen LogP contribution in [-0.2, 0) is 4.79 Å². The summed E-state index contributed by atoms with van der Waals surface area (Å²) in [7, 11) is 0. The van der Waals surface area contributed by atoms with E-state index in [1.54, 1.807) is 0 Å². The number of carbonyl (C=O) groups excluding carboxylic acids is 1. The van der Waals surface area contributed by atoms with E-state index in [1.165, 1.54) is 16.9 Å². The summed E-state index contributed by atoms with van der Waals surface area (Å²) in [5.74, 6) is -0.211. The van der Waals surface area contributed by atoms with E-state index >= 15 is 0 Å². The minimum Gasteiger partial charge on any atom is -0.301 e. The molecule has 0 radical (unpaired) electrons. The third-order valence-corrected chi connectivity index (χ3v) is 4.94. The van der Waals surface area contributed by atoms with Crippen LogP contribution in [0, 0.1) is 23.7 Å². The van der Waals surface area contributed by atoms with E-state index < -0.39 is 5.41 Å². The Kier molecular flexibility index (Phi) is 3.95. The van der Waals surface area contributed by atoms with Gasteiger partial charge in [-0.15, -0.1) is 11.3 Å². The Morgan fingerprint density at radius 2 is 2.00 bits per heavy atom. The highest BCUT2D eigenvalue weighted by Gasteiger charge is 2.41. The van der Waals surface area contributed by atoms with Gasteiger partial charge >= 0.3 is 0 Å². The number of thiazole rings is 1. The van der Waals surface area contributed by atoms with Crippen molar-refractivity contribution in [2.75, 3.05) is 5.32 Å². The number of hydrogen-bond donors (Lipinski definition) is 1. The molecule has 0 bridgehead atoms. The molecular formula is C17H17N3OS. The molecule has 1 aromatic heterocycles. The molecule has 0 unspecified atom stereocenters. The number of amides is 1. The summed E-state index contributed by atoms with van der Waals surface area (Å²) in [5.41, 5.74) is 2.20. The first-order valence-electron chi connectivity index (χ1n) is 7.38. The Morgan fingerprint density at radius 3 is 2.64 bits per heavy atom. The smallest absolute Gasteiger partial charge is 0.246 e. The minimum absolute atomic E-state index is 0.211. The highest BCUT2D eigenvalue weighted by Crippen LogP contribution is 2.38. The lowest BCUT2D eigenvalue weighted by molar-refractivity contribution is -0.122. The first kappa shape index (κ1) is 14.7. The van der Waals surface area contributed by atoms with E-state index in [1.807, 2.05) is 36.6 Å². The van der Waals surface area contributed by atoms with Crippen molar-refractivity contribution in [2.45, 2.75) is 32.6 Å². The van der Waals surface area contributed by atoms with Crippen molar-refractivity contribution in [3.63, 3.8) is 0 Å². The summed E-state index contributed by atoms with van der Waals surface area (Å²) in [6, 6.07) is 10.3. The van der Waals surface area contributed by atoms with E-state index in [4.69, 9.17) is 0 Å². The zero-order chi connectivity index (χ0) is 15.6. The normalized spacial score (nSPS) is 16.2. The second kappa shape index (κ2) is 5.90. The molecule has 1 heterocycles. The first-order chi connectivity index (χ1) is 10.6. The van der Waals surface area contributed by atoms with Crippen LogP contribution in [0.15, 0.2) is 29.6 Å². The van der Waals surface area contributed by atoms with E-state index in [-0.39, 0.29) is 5.91 Å². The summed E-state index contributed by atoms with van der Waals surface area (Å²) in [4.78, 5) is 16.9. The molecule has 112 valence electrons.